The number of hydrogen-bond acceptors (Lipinski definition) is 2. The third-order valence-corrected chi connectivity index (χ3v) is 2.71. The van der Waals surface area contributed by atoms with Gasteiger partial charge >= 0.3 is 0 Å². The van der Waals surface area contributed by atoms with E-state index in [1.807, 2.05) is 6.07 Å². The van der Waals surface area contributed by atoms with E-state index in [0.29, 0.717) is 22.8 Å². The molecule has 18 heavy (non-hydrogen) atoms. The minimum Gasteiger partial charge on any atom is -0.380 e. The maximum Gasteiger partial charge on any atom is 0.123 e. The van der Waals surface area contributed by atoms with Crippen molar-refractivity contribution in [2.45, 2.75) is 6.54 Å². The number of hydrogen-bond donors (Lipinski definition) is 1. The molecule has 0 saturated heterocycles. The molecule has 0 aromatic heterocycles. The van der Waals surface area contributed by atoms with Gasteiger partial charge in [-0.15, -0.1) is 0 Å². The van der Waals surface area contributed by atoms with E-state index in [1.165, 1.54) is 12.1 Å². The van der Waals surface area contributed by atoms with Gasteiger partial charge in [0.25, 0.3) is 0 Å². The molecule has 0 unspecified atom stereocenters. The highest BCUT2D eigenvalue weighted by Gasteiger charge is 2.03. The number of benzene rings is 2. The minimum atomic E-state index is -0.272. The summed E-state index contributed by atoms with van der Waals surface area (Å²) < 4.78 is 13.0. The monoisotopic (exact) mass is 260 g/mol. The van der Waals surface area contributed by atoms with Crippen LogP contribution in [0.15, 0.2) is 42.5 Å². The van der Waals surface area contributed by atoms with Gasteiger partial charge in [0.15, 0.2) is 0 Å². The van der Waals surface area contributed by atoms with Crippen LogP contribution in [-0.4, -0.2) is 0 Å². The molecule has 0 aliphatic carbocycles. The molecule has 2 aromatic rings. The lowest BCUT2D eigenvalue weighted by molar-refractivity contribution is 0.626. The maximum atomic E-state index is 13.0. The van der Waals surface area contributed by atoms with Gasteiger partial charge in [-0.1, -0.05) is 23.7 Å². The van der Waals surface area contributed by atoms with Crippen LogP contribution < -0.4 is 5.32 Å². The summed E-state index contributed by atoms with van der Waals surface area (Å²) in [5.74, 6) is -0.272. The van der Waals surface area contributed by atoms with Crippen molar-refractivity contribution in [2.75, 3.05) is 5.32 Å². The second kappa shape index (κ2) is 5.52. The highest BCUT2D eigenvalue weighted by Crippen LogP contribution is 2.20. The molecule has 2 nitrogen and oxygen atoms in total. The molecule has 0 aliphatic heterocycles. The first-order valence-corrected chi connectivity index (χ1v) is 5.75. The van der Waals surface area contributed by atoms with E-state index in [4.69, 9.17) is 16.9 Å². The van der Waals surface area contributed by atoms with Crippen molar-refractivity contribution in [2.24, 2.45) is 0 Å². The maximum absolute atomic E-state index is 13.0. The molecule has 0 amide bonds. The molecule has 90 valence electrons. The number of nitrogens with one attached hydrogen (secondary N) is 1. The van der Waals surface area contributed by atoms with Crippen LogP contribution in [-0.2, 0) is 6.54 Å². The molecule has 0 radical (unpaired) electrons. The van der Waals surface area contributed by atoms with Crippen LogP contribution in [0.3, 0.4) is 0 Å². The van der Waals surface area contributed by atoms with Crippen molar-refractivity contribution in [1.82, 2.24) is 0 Å². The topological polar surface area (TPSA) is 35.8 Å². The molecule has 0 atom stereocenters. The molecular formula is C14H10ClFN2. The lowest BCUT2D eigenvalue weighted by atomic mass is 10.1. The zero-order chi connectivity index (χ0) is 13.0. The molecule has 0 fully saturated rings. The SMILES string of the molecule is N#Cc1cc(Cl)ccc1NCc1cccc(F)c1. The highest BCUT2D eigenvalue weighted by molar-refractivity contribution is 6.30. The Morgan fingerprint density at radius 2 is 2.06 bits per heavy atom. The van der Waals surface area contributed by atoms with Crippen molar-refractivity contribution in [3.05, 3.63) is 64.4 Å². The quantitative estimate of drug-likeness (QED) is 0.907. The molecular weight excluding hydrogens is 251 g/mol. The summed E-state index contributed by atoms with van der Waals surface area (Å²) in [6.07, 6.45) is 0. The summed E-state index contributed by atoms with van der Waals surface area (Å²) in [6, 6.07) is 13.4. The smallest absolute Gasteiger partial charge is 0.123 e. The number of halogens is 2. The summed E-state index contributed by atoms with van der Waals surface area (Å²) >= 11 is 5.81. The summed E-state index contributed by atoms with van der Waals surface area (Å²) in [5.41, 5.74) is 1.97. The van der Waals surface area contributed by atoms with Crippen LogP contribution in [0.2, 0.25) is 5.02 Å². The molecule has 2 rings (SSSR count). The van der Waals surface area contributed by atoms with Crippen LogP contribution >= 0.6 is 11.6 Å². The average Bonchev–Trinajstić information content (AvgIpc) is 2.37. The van der Waals surface area contributed by atoms with Crippen LogP contribution in [0.5, 0.6) is 0 Å². The van der Waals surface area contributed by atoms with Crippen LogP contribution in [0, 0.1) is 17.1 Å². The van der Waals surface area contributed by atoms with Gasteiger partial charge < -0.3 is 5.32 Å². The normalized spacial score (nSPS) is 9.83. The van der Waals surface area contributed by atoms with E-state index in [2.05, 4.69) is 11.4 Å². The fourth-order valence-corrected chi connectivity index (χ4v) is 1.78. The van der Waals surface area contributed by atoms with E-state index < -0.39 is 0 Å². The third-order valence-electron chi connectivity index (χ3n) is 2.47. The van der Waals surface area contributed by atoms with Gasteiger partial charge in [-0.25, -0.2) is 4.39 Å². The minimum absolute atomic E-state index is 0.272. The van der Waals surface area contributed by atoms with E-state index in [-0.39, 0.29) is 5.82 Å². The first-order valence-electron chi connectivity index (χ1n) is 5.37. The third kappa shape index (κ3) is 2.99. The standard InChI is InChI=1S/C14H10ClFN2/c15-12-4-5-14(11(7-12)8-17)18-9-10-2-1-3-13(16)6-10/h1-7,18H,9H2. The van der Waals surface area contributed by atoms with E-state index in [9.17, 15) is 4.39 Å². The molecule has 0 saturated carbocycles. The highest BCUT2D eigenvalue weighted by atomic mass is 35.5. The first-order chi connectivity index (χ1) is 8.69. The molecule has 0 heterocycles. The van der Waals surface area contributed by atoms with Gasteiger partial charge in [-0.3, -0.25) is 0 Å². The van der Waals surface area contributed by atoms with Crippen molar-refractivity contribution < 1.29 is 4.39 Å². The van der Waals surface area contributed by atoms with Crippen molar-refractivity contribution in [3.8, 4) is 6.07 Å². The predicted octanol–water partition coefficient (Wildman–Crippen LogP) is 3.96. The molecule has 0 bridgehead atoms. The Bertz CT molecular complexity index is 605. The van der Waals surface area contributed by atoms with Crippen molar-refractivity contribution in [1.29, 1.82) is 5.26 Å². The second-order valence-corrected chi connectivity index (χ2v) is 4.22. The van der Waals surface area contributed by atoms with Gasteiger partial charge in [0.05, 0.1) is 11.3 Å². The van der Waals surface area contributed by atoms with E-state index in [1.54, 1.807) is 24.3 Å². The molecule has 0 aliphatic rings. The Balaban J connectivity index is 2.14. The Kier molecular flexibility index (Phi) is 3.81. The lowest BCUT2D eigenvalue weighted by Gasteiger charge is -2.08. The average molecular weight is 261 g/mol. The van der Waals surface area contributed by atoms with Crippen LogP contribution in [0.25, 0.3) is 0 Å². The van der Waals surface area contributed by atoms with E-state index in [0.717, 1.165) is 5.56 Å². The van der Waals surface area contributed by atoms with E-state index >= 15 is 0 Å². The zero-order valence-electron chi connectivity index (χ0n) is 9.45. The molecule has 2 aromatic carbocycles. The van der Waals surface area contributed by atoms with Gasteiger partial charge in [0, 0.05) is 11.6 Å². The fourth-order valence-electron chi connectivity index (χ4n) is 1.61. The Morgan fingerprint density at radius 3 is 2.78 bits per heavy atom. The number of rotatable bonds is 3. The van der Waals surface area contributed by atoms with Crippen LogP contribution in [0.1, 0.15) is 11.1 Å². The van der Waals surface area contributed by atoms with Gasteiger partial charge in [-0.05, 0) is 35.9 Å². The summed E-state index contributed by atoms with van der Waals surface area (Å²) in [6.45, 7) is 0.452. The van der Waals surface area contributed by atoms with Crippen LogP contribution in [0.4, 0.5) is 10.1 Å². The summed E-state index contributed by atoms with van der Waals surface area (Å²) in [5, 5.41) is 12.6. The summed E-state index contributed by atoms with van der Waals surface area (Å²) in [4.78, 5) is 0. The number of anilines is 1. The lowest BCUT2D eigenvalue weighted by Crippen LogP contribution is -2.01. The molecule has 0 spiro atoms. The summed E-state index contributed by atoms with van der Waals surface area (Å²) in [7, 11) is 0. The second-order valence-electron chi connectivity index (χ2n) is 3.79. The van der Waals surface area contributed by atoms with Crippen molar-refractivity contribution >= 4 is 17.3 Å². The first kappa shape index (κ1) is 12.4. The van der Waals surface area contributed by atoms with Gasteiger partial charge in [0.2, 0.25) is 0 Å². The van der Waals surface area contributed by atoms with Gasteiger partial charge in [0.1, 0.15) is 11.9 Å². The Morgan fingerprint density at radius 1 is 1.22 bits per heavy atom. The molecule has 1 N–H and O–H groups in total. The van der Waals surface area contributed by atoms with Crippen molar-refractivity contribution in [3.63, 3.8) is 0 Å². The number of nitriles is 1. The Hall–Kier alpha value is -2.05. The Labute approximate surface area is 110 Å². The van der Waals surface area contributed by atoms with Gasteiger partial charge in [-0.2, -0.15) is 5.26 Å². The fraction of sp³-hybridized carbons (Fsp3) is 0.0714. The molecule has 4 heteroatoms. The largest absolute Gasteiger partial charge is 0.380 e. The zero-order valence-corrected chi connectivity index (χ0v) is 10.2. The number of nitrogens with zero attached hydrogens (tertiary/aromatic N) is 1. The predicted molar refractivity (Wildman–Crippen MR) is 69.9 cm³/mol.